The smallest absolute Gasteiger partial charge is 0.191 e. The summed E-state index contributed by atoms with van der Waals surface area (Å²) >= 11 is 0. The summed E-state index contributed by atoms with van der Waals surface area (Å²) in [5.74, 6) is 0.573. The standard InChI is InChI=1S/C22H26FN5/c1-2-24-22(25-13-11-18-7-9-21(23)10-8-18)26-16-19-5-3-6-20(15-19)17-28-14-4-12-27-28/h3-10,12,14-15H,2,11,13,16-17H2,1H3,(H2,24,25,26). The van der Waals surface area contributed by atoms with Crippen molar-refractivity contribution in [1.29, 1.82) is 0 Å². The number of aliphatic imine (C=N–C) groups is 1. The molecule has 5 nitrogen and oxygen atoms in total. The van der Waals surface area contributed by atoms with Gasteiger partial charge in [0.25, 0.3) is 0 Å². The fourth-order valence-electron chi connectivity index (χ4n) is 2.90. The first kappa shape index (κ1) is 19.6. The number of nitrogens with zero attached hydrogens (tertiary/aromatic N) is 3. The minimum Gasteiger partial charge on any atom is -0.357 e. The predicted molar refractivity (Wildman–Crippen MR) is 111 cm³/mol. The van der Waals surface area contributed by atoms with Gasteiger partial charge in [-0.15, -0.1) is 0 Å². The Bertz CT molecular complexity index is 872. The number of guanidine groups is 1. The van der Waals surface area contributed by atoms with Crippen molar-refractivity contribution < 1.29 is 4.39 Å². The summed E-state index contributed by atoms with van der Waals surface area (Å²) in [7, 11) is 0. The van der Waals surface area contributed by atoms with Crippen LogP contribution in [0.4, 0.5) is 4.39 Å². The topological polar surface area (TPSA) is 54.2 Å². The molecule has 3 rings (SSSR count). The number of rotatable bonds is 8. The average Bonchev–Trinajstić information content (AvgIpc) is 3.21. The maximum absolute atomic E-state index is 13.0. The third-order valence-corrected chi connectivity index (χ3v) is 4.28. The summed E-state index contributed by atoms with van der Waals surface area (Å²) < 4.78 is 14.9. The summed E-state index contributed by atoms with van der Waals surface area (Å²) in [5.41, 5.74) is 3.45. The van der Waals surface area contributed by atoms with Crippen molar-refractivity contribution in [2.45, 2.75) is 26.4 Å². The maximum Gasteiger partial charge on any atom is 0.191 e. The quantitative estimate of drug-likeness (QED) is 0.466. The zero-order valence-electron chi connectivity index (χ0n) is 16.1. The lowest BCUT2D eigenvalue weighted by Crippen LogP contribution is -2.38. The second-order valence-corrected chi connectivity index (χ2v) is 6.52. The van der Waals surface area contributed by atoms with Crippen LogP contribution in [0.15, 0.2) is 72.0 Å². The maximum atomic E-state index is 13.0. The lowest BCUT2D eigenvalue weighted by molar-refractivity contribution is 0.626. The molecule has 0 saturated carbocycles. The molecule has 0 aliphatic heterocycles. The highest BCUT2D eigenvalue weighted by atomic mass is 19.1. The van der Waals surface area contributed by atoms with Crippen molar-refractivity contribution in [2.75, 3.05) is 13.1 Å². The van der Waals surface area contributed by atoms with E-state index in [9.17, 15) is 4.39 Å². The van der Waals surface area contributed by atoms with Crippen LogP contribution >= 0.6 is 0 Å². The number of hydrogen-bond donors (Lipinski definition) is 2. The Kier molecular flexibility index (Phi) is 7.18. The Labute approximate surface area is 165 Å². The normalized spacial score (nSPS) is 11.4. The van der Waals surface area contributed by atoms with Gasteiger partial charge in [-0.1, -0.05) is 36.4 Å². The fraction of sp³-hybridized carbons (Fsp3) is 0.273. The van der Waals surface area contributed by atoms with E-state index in [1.54, 1.807) is 6.20 Å². The first-order chi connectivity index (χ1) is 13.7. The van der Waals surface area contributed by atoms with Crippen LogP contribution in [0.2, 0.25) is 0 Å². The molecule has 0 amide bonds. The van der Waals surface area contributed by atoms with Crippen LogP contribution in [0.3, 0.4) is 0 Å². The van der Waals surface area contributed by atoms with Crippen molar-refractivity contribution in [3.8, 4) is 0 Å². The van der Waals surface area contributed by atoms with Crippen LogP contribution < -0.4 is 10.6 Å². The van der Waals surface area contributed by atoms with Gasteiger partial charge in [-0.25, -0.2) is 9.38 Å². The molecule has 0 unspecified atom stereocenters. The van der Waals surface area contributed by atoms with Crippen LogP contribution in [-0.2, 0) is 19.5 Å². The molecule has 0 saturated heterocycles. The molecule has 146 valence electrons. The molecule has 2 aromatic carbocycles. The second-order valence-electron chi connectivity index (χ2n) is 6.52. The van der Waals surface area contributed by atoms with Gasteiger partial charge in [-0.2, -0.15) is 5.10 Å². The van der Waals surface area contributed by atoms with E-state index < -0.39 is 0 Å². The Morgan fingerprint density at radius 2 is 1.86 bits per heavy atom. The van der Waals surface area contributed by atoms with Crippen LogP contribution in [0.5, 0.6) is 0 Å². The van der Waals surface area contributed by atoms with Gasteiger partial charge in [0.05, 0.1) is 13.1 Å². The van der Waals surface area contributed by atoms with E-state index in [1.807, 2.05) is 36.0 Å². The zero-order chi connectivity index (χ0) is 19.6. The number of benzene rings is 2. The van der Waals surface area contributed by atoms with E-state index in [2.05, 4.69) is 45.0 Å². The molecular weight excluding hydrogens is 353 g/mol. The van der Waals surface area contributed by atoms with Crippen molar-refractivity contribution in [3.63, 3.8) is 0 Å². The minimum absolute atomic E-state index is 0.207. The van der Waals surface area contributed by atoms with Crippen LogP contribution in [0, 0.1) is 5.82 Å². The molecule has 1 heterocycles. The zero-order valence-corrected chi connectivity index (χ0v) is 16.1. The monoisotopic (exact) mass is 379 g/mol. The van der Waals surface area contributed by atoms with E-state index in [0.29, 0.717) is 6.54 Å². The summed E-state index contributed by atoms with van der Waals surface area (Å²) in [5, 5.41) is 10.9. The summed E-state index contributed by atoms with van der Waals surface area (Å²) in [4.78, 5) is 4.68. The van der Waals surface area contributed by atoms with E-state index >= 15 is 0 Å². The van der Waals surface area contributed by atoms with Gasteiger partial charge in [-0.05, 0) is 48.2 Å². The van der Waals surface area contributed by atoms with Crippen molar-refractivity contribution in [3.05, 3.63) is 89.5 Å². The minimum atomic E-state index is -0.207. The molecule has 28 heavy (non-hydrogen) atoms. The summed E-state index contributed by atoms with van der Waals surface area (Å²) in [6, 6.07) is 16.9. The van der Waals surface area contributed by atoms with Gasteiger partial charge in [0.1, 0.15) is 5.82 Å². The van der Waals surface area contributed by atoms with Crippen molar-refractivity contribution in [2.24, 2.45) is 4.99 Å². The highest BCUT2D eigenvalue weighted by Crippen LogP contribution is 2.08. The van der Waals surface area contributed by atoms with Gasteiger partial charge in [0, 0.05) is 25.5 Å². The van der Waals surface area contributed by atoms with Gasteiger partial charge < -0.3 is 10.6 Å². The van der Waals surface area contributed by atoms with Gasteiger partial charge in [0.2, 0.25) is 0 Å². The lowest BCUT2D eigenvalue weighted by Gasteiger charge is -2.11. The highest BCUT2D eigenvalue weighted by molar-refractivity contribution is 5.79. The molecule has 0 atom stereocenters. The van der Waals surface area contributed by atoms with Gasteiger partial charge in [-0.3, -0.25) is 4.68 Å². The highest BCUT2D eigenvalue weighted by Gasteiger charge is 2.01. The summed E-state index contributed by atoms with van der Waals surface area (Å²) in [6.07, 6.45) is 4.55. The molecule has 1 aromatic heterocycles. The lowest BCUT2D eigenvalue weighted by atomic mass is 10.1. The number of halogens is 1. The number of aromatic nitrogens is 2. The van der Waals surface area contributed by atoms with E-state index in [0.717, 1.165) is 43.1 Å². The van der Waals surface area contributed by atoms with E-state index in [4.69, 9.17) is 0 Å². The third-order valence-electron chi connectivity index (χ3n) is 4.28. The molecule has 3 aromatic rings. The van der Waals surface area contributed by atoms with Gasteiger partial charge >= 0.3 is 0 Å². The average molecular weight is 379 g/mol. The van der Waals surface area contributed by atoms with Crippen molar-refractivity contribution >= 4 is 5.96 Å². The SMILES string of the molecule is CCNC(=NCc1cccc(Cn2cccn2)c1)NCCc1ccc(F)cc1. The molecule has 0 bridgehead atoms. The molecule has 0 spiro atoms. The van der Waals surface area contributed by atoms with E-state index in [-0.39, 0.29) is 5.82 Å². The fourth-order valence-corrected chi connectivity index (χ4v) is 2.90. The Balaban J connectivity index is 1.55. The first-order valence-corrected chi connectivity index (χ1v) is 9.55. The van der Waals surface area contributed by atoms with Crippen molar-refractivity contribution in [1.82, 2.24) is 20.4 Å². The first-order valence-electron chi connectivity index (χ1n) is 9.55. The van der Waals surface area contributed by atoms with Crippen LogP contribution in [0.1, 0.15) is 23.6 Å². The molecular formula is C22H26FN5. The third kappa shape index (κ3) is 6.23. The Morgan fingerprint density at radius 3 is 2.61 bits per heavy atom. The molecule has 6 heteroatoms. The van der Waals surface area contributed by atoms with Crippen LogP contribution in [-0.4, -0.2) is 28.8 Å². The largest absolute Gasteiger partial charge is 0.357 e. The summed E-state index contributed by atoms with van der Waals surface area (Å²) in [6.45, 7) is 4.92. The second kappa shape index (κ2) is 10.3. The Morgan fingerprint density at radius 1 is 1.04 bits per heavy atom. The Hall–Kier alpha value is -3.15. The molecule has 0 radical (unpaired) electrons. The van der Waals surface area contributed by atoms with E-state index in [1.165, 1.54) is 17.7 Å². The molecule has 2 N–H and O–H groups in total. The number of hydrogen-bond acceptors (Lipinski definition) is 2. The molecule has 0 aliphatic rings. The predicted octanol–water partition coefficient (Wildman–Crippen LogP) is 3.37. The molecule has 0 fully saturated rings. The number of nitrogens with one attached hydrogen (secondary N) is 2. The molecule has 0 aliphatic carbocycles. The van der Waals surface area contributed by atoms with Gasteiger partial charge in [0.15, 0.2) is 5.96 Å². The van der Waals surface area contributed by atoms with Crippen LogP contribution in [0.25, 0.3) is 0 Å².